The van der Waals surface area contributed by atoms with E-state index in [1.807, 2.05) is 0 Å². The Bertz CT molecular complexity index is 716. The van der Waals surface area contributed by atoms with Gasteiger partial charge >= 0.3 is 12.4 Å². The predicted molar refractivity (Wildman–Crippen MR) is 71.9 cm³/mol. The van der Waals surface area contributed by atoms with Crippen molar-refractivity contribution in [2.45, 2.75) is 24.5 Å². The zero-order chi connectivity index (χ0) is 16.7. The zero-order valence-corrected chi connectivity index (χ0v) is 12.1. The van der Waals surface area contributed by atoms with Gasteiger partial charge in [-0.2, -0.15) is 0 Å². The third-order valence-electron chi connectivity index (χ3n) is 2.82. The monoisotopic (exact) mass is 341 g/mol. The van der Waals surface area contributed by atoms with Crippen molar-refractivity contribution in [3.05, 3.63) is 33.1 Å². The maximum atomic E-state index is 11.8. The number of aromatic nitrogens is 2. The van der Waals surface area contributed by atoms with Crippen LogP contribution in [0, 0.1) is 0 Å². The Morgan fingerprint density at radius 3 is 2.76 bits per heavy atom. The zero-order valence-electron chi connectivity index (χ0n) is 11.3. The first kappa shape index (κ1) is 15.0. The van der Waals surface area contributed by atoms with Gasteiger partial charge in [-0.25, -0.2) is 4.79 Å². The second kappa shape index (κ2) is 6.07. The lowest BCUT2D eigenvalue weighted by molar-refractivity contribution is -0.0527. The number of aromatic amines is 1. The summed E-state index contributed by atoms with van der Waals surface area (Å²) in [5.74, 6) is 0. The minimum absolute atomic E-state index is 0.0630. The maximum absolute atomic E-state index is 11.8. The molecule has 1 aliphatic rings. The molecule has 10 nitrogen and oxygen atoms in total. The summed E-state index contributed by atoms with van der Waals surface area (Å²) in [4.78, 5) is 40.9. The Balaban J connectivity index is 2.24. The van der Waals surface area contributed by atoms with E-state index in [0.29, 0.717) is 0 Å². The fourth-order valence-corrected chi connectivity index (χ4v) is 2.38. The van der Waals surface area contributed by atoms with E-state index in [1.165, 1.54) is 0 Å². The van der Waals surface area contributed by atoms with Crippen LogP contribution in [0.3, 0.4) is 0 Å². The summed E-state index contributed by atoms with van der Waals surface area (Å²) in [6.45, 7) is -4.48. The van der Waals surface area contributed by atoms with Crippen LogP contribution in [0.4, 0.5) is 0 Å². The molecule has 0 unspecified atom stereocenters. The first-order valence-electron chi connectivity index (χ1n) is 6.11. The molecule has 0 radical (unpaired) electrons. The molecule has 2 rings (SSSR count). The number of H-pyrrole nitrogens is 1. The van der Waals surface area contributed by atoms with Gasteiger partial charge in [-0.3, -0.25) is 14.3 Å². The standard InChI is InChI=1S/C9H13N2O8PS/c12-5-1-2-11(9(15)10-5)8-7(14)6(13)4(19-8)3-18-20(16,17)21/h1-2,4,6-8,13-14H,3H2,(H,10,12,15)(H2,16,17,21)/t4-,6-,7-,8-/m1/s1/i/hD. The number of rotatable bonds is 4. The Morgan fingerprint density at radius 2 is 2.14 bits per heavy atom. The topological polar surface area (TPSA) is 154 Å². The van der Waals surface area contributed by atoms with Crippen LogP contribution in [0.2, 0.25) is 1.41 Å². The Morgan fingerprint density at radius 1 is 1.48 bits per heavy atom. The van der Waals surface area contributed by atoms with Gasteiger partial charge < -0.3 is 29.3 Å². The molecule has 12 heteroatoms. The minimum Gasteiger partial charge on any atom is -0.387 e. The fourth-order valence-electron chi connectivity index (χ4n) is 1.86. The van der Waals surface area contributed by atoms with E-state index in [4.69, 9.17) is 15.9 Å². The van der Waals surface area contributed by atoms with Gasteiger partial charge in [-0.15, -0.1) is 0 Å². The molecular formula is C9H13N2O8PS. The first-order valence-corrected chi connectivity index (χ1v) is 8.29. The summed E-state index contributed by atoms with van der Waals surface area (Å²) >= 11 is 4.24. The normalized spacial score (nSPS) is 30.4. The second-order valence-corrected chi connectivity index (χ2v) is 6.95. The highest BCUT2D eigenvalue weighted by Gasteiger charge is 2.44. The van der Waals surface area contributed by atoms with Crippen molar-refractivity contribution >= 4 is 18.5 Å². The molecule has 21 heavy (non-hydrogen) atoms. The van der Waals surface area contributed by atoms with Crippen molar-refractivity contribution in [2.75, 3.05) is 6.61 Å². The molecule has 0 saturated carbocycles. The van der Waals surface area contributed by atoms with Gasteiger partial charge in [0.25, 0.3) is 5.56 Å². The SMILES string of the molecule is [2H]n1c(=O)ccn([C@@H]2O[C@H](COP(O)(O)=S)[C@@H](O)[C@H]2O)c1=O. The third-order valence-corrected chi connectivity index (χ3v) is 3.62. The molecule has 118 valence electrons. The average Bonchev–Trinajstić information content (AvgIpc) is 2.70. The van der Waals surface area contributed by atoms with E-state index in [-0.39, 0.29) is 4.98 Å². The molecule has 0 amide bonds. The molecule has 1 aromatic rings. The quantitative estimate of drug-likeness (QED) is 0.370. The lowest BCUT2D eigenvalue weighted by Gasteiger charge is -2.17. The number of aliphatic hydroxyl groups is 2. The van der Waals surface area contributed by atoms with E-state index in [9.17, 15) is 19.8 Å². The van der Waals surface area contributed by atoms with Crippen molar-refractivity contribution in [1.82, 2.24) is 9.54 Å². The summed E-state index contributed by atoms with van der Waals surface area (Å²) in [5.41, 5.74) is -1.94. The van der Waals surface area contributed by atoms with Crippen LogP contribution in [-0.4, -0.2) is 54.5 Å². The number of nitrogens with one attached hydrogen (secondary N) is 1. The van der Waals surface area contributed by atoms with Crippen LogP contribution in [0.25, 0.3) is 0 Å². The van der Waals surface area contributed by atoms with Gasteiger partial charge in [0, 0.05) is 12.3 Å². The van der Waals surface area contributed by atoms with Gasteiger partial charge in [0.05, 0.1) is 6.61 Å². The van der Waals surface area contributed by atoms with Crippen molar-refractivity contribution in [1.29, 1.82) is 0 Å². The highest BCUT2D eigenvalue weighted by Crippen LogP contribution is 2.38. The van der Waals surface area contributed by atoms with E-state index < -0.39 is 49.1 Å². The van der Waals surface area contributed by atoms with Gasteiger partial charge in [0.15, 0.2) is 7.64 Å². The summed E-state index contributed by atoms with van der Waals surface area (Å²) in [6, 6.07) is 0.919. The molecule has 2 heterocycles. The number of nitrogens with zero attached hydrogens (tertiary/aromatic N) is 1. The van der Waals surface area contributed by atoms with Crippen LogP contribution in [0.5, 0.6) is 0 Å². The Labute approximate surface area is 123 Å². The number of hydrogen-bond donors (Lipinski definition) is 5. The van der Waals surface area contributed by atoms with Gasteiger partial charge in [0.2, 0.25) is 0 Å². The summed E-state index contributed by atoms with van der Waals surface area (Å²) in [6.07, 6.45) is -4.59. The first-order chi connectivity index (χ1) is 10.1. The van der Waals surface area contributed by atoms with Crippen molar-refractivity contribution in [3.8, 4) is 0 Å². The highest BCUT2D eigenvalue weighted by atomic mass is 32.5. The van der Waals surface area contributed by atoms with E-state index in [2.05, 4.69) is 16.3 Å². The Kier molecular flexibility index (Phi) is 4.33. The number of hydrogen-bond acceptors (Lipinski definition) is 7. The van der Waals surface area contributed by atoms with E-state index in [1.54, 1.807) is 0 Å². The van der Waals surface area contributed by atoms with Crippen LogP contribution < -0.4 is 11.2 Å². The van der Waals surface area contributed by atoms with E-state index in [0.717, 1.165) is 16.8 Å². The molecular weight excluding hydrogens is 327 g/mol. The molecule has 0 bridgehead atoms. The summed E-state index contributed by atoms with van der Waals surface area (Å²) in [5, 5.41) is 19.7. The van der Waals surface area contributed by atoms with Gasteiger partial charge in [-0.05, 0) is 11.8 Å². The molecule has 0 aliphatic carbocycles. The summed E-state index contributed by atoms with van der Waals surface area (Å²) in [7, 11) is 0. The smallest absolute Gasteiger partial charge is 0.330 e. The molecule has 5 N–H and O–H groups in total. The van der Waals surface area contributed by atoms with Gasteiger partial charge in [0.1, 0.15) is 18.3 Å². The maximum Gasteiger partial charge on any atom is 0.330 e. The van der Waals surface area contributed by atoms with Gasteiger partial charge in [-0.1, -0.05) is 0 Å². The summed E-state index contributed by atoms with van der Waals surface area (Å²) < 4.78 is 17.8. The van der Waals surface area contributed by atoms with Crippen LogP contribution >= 0.6 is 6.72 Å². The van der Waals surface area contributed by atoms with Crippen molar-refractivity contribution in [3.63, 3.8) is 0 Å². The Hall–Kier alpha value is -0.910. The molecule has 0 spiro atoms. The number of aliphatic hydroxyl groups excluding tert-OH is 2. The average molecular weight is 341 g/mol. The number of ether oxygens (including phenoxy) is 1. The highest BCUT2D eigenvalue weighted by molar-refractivity contribution is 8.06. The lowest BCUT2D eigenvalue weighted by Crippen LogP contribution is -2.37. The van der Waals surface area contributed by atoms with Crippen LogP contribution in [0.1, 0.15) is 6.23 Å². The van der Waals surface area contributed by atoms with Crippen molar-refractivity contribution in [2.24, 2.45) is 0 Å². The lowest BCUT2D eigenvalue weighted by atomic mass is 10.1. The minimum atomic E-state index is -3.96. The third kappa shape index (κ3) is 3.84. The molecule has 1 fully saturated rings. The predicted octanol–water partition coefficient (Wildman–Crippen LogP) is -2.62. The molecule has 1 saturated heterocycles. The molecule has 4 atom stereocenters. The largest absolute Gasteiger partial charge is 0.387 e. The van der Waals surface area contributed by atoms with E-state index >= 15 is 0 Å². The molecule has 1 aromatic heterocycles. The fraction of sp³-hybridized carbons (Fsp3) is 0.556. The van der Waals surface area contributed by atoms with Crippen molar-refractivity contribution < 1.29 is 30.7 Å². The van der Waals surface area contributed by atoms with Crippen LogP contribution in [-0.2, 0) is 21.1 Å². The van der Waals surface area contributed by atoms with Crippen LogP contribution in [0.15, 0.2) is 21.9 Å². The second-order valence-electron chi connectivity index (χ2n) is 4.29. The molecule has 1 aliphatic heterocycles. The molecule has 0 aromatic carbocycles.